The summed E-state index contributed by atoms with van der Waals surface area (Å²) in [6, 6.07) is 7.09. The minimum absolute atomic E-state index is 0.157. The molecular formula is C14H10BrClFNO2. The van der Waals surface area contributed by atoms with E-state index in [0.29, 0.717) is 16.3 Å². The Bertz CT molecular complexity index is 691. The Balaban J connectivity index is 2.52. The lowest BCUT2D eigenvalue weighted by Crippen LogP contribution is -2.05. The number of anilines is 1. The molecule has 0 saturated heterocycles. The van der Waals surface area contributed by atoms with Crippen LogP contribution in [-0.4, -0.2) is 12.9 Å². The van der Waals surface area contributed by atoms with Crippen LogP contribution in [0.15, 0.2) is 34.8 Å². The van der Waals surface area contributed by atoms with E-state index in [4.69, 9.17) is 22.1 Å². The quantitative estimate of drug-likeness (QED) is 0.665. The predicted octanol–water partition coefficient (Wildman–Crippen LogP) is 4.06. The molecule has 0 bridgehead atoms. The standard InChI is InChI=1S/C14H10BrClFNO2/c1-20-13-6-11(17)9(15)5-8(13)14(19)7-2-3-10(16)12(18)4-7/h2-6H,18H2,1H3. The fraction of sp³-hybridized carbons (Fsp3) is 0.0714. The van der Waals surface area contributed by atoms with E-state index in [0.717, 1.165) is 6.07 Å². The summed E-state index contributed by atoms with van der Waals surface area (Å²) in [5, 5.41) is 0.369. The van der Waals surface area contributed by atoms with Gasteiger partial charge in [-0.05, 0) is 40.2 Å². The summed E-state index contributed by atoms with van der Waals surface area (Å²) in [5.41, 5.74) is 6.57. The summed E-state index contributed by atoms with van der Waals surface area (Å²) >= 11 is 8.87. The number of hydrogen-bond acceptors (Lipinski definition) is 3. The molecule has 0 aliphatic rings. The first kappa shape index (κ1) is 14.8. The van der Waals surface area contributed by atoms with E-state index in [1.54, 1.807) is 6.07 Å². The van der Waals surface area contributed by atoms with Crippen LogP contribution in [0.4, 0.5) is 10.1 Å². The topological polar surface area (TPSA) is 52.3 Å². The molecule has 20 heavy (non-hydrogen) atoms. The number of ether oxygens (including phenoxy) is 1. The molecule has 2 aromatic rings. The van der Waals surface area contributed by atoms with Crippen molar-refractivity contribution in [3.63, 3.8) is 0 Å². The molecule has 0 aliphatic heterocycles. The van der Waals surface area contributed by atoms with Crippen LogP contribution >= 0.6 is 27.5 Å². The Morgan fingerprint density at radius 2 is 2.05 bits per heavy atom. The van der Waals surface area contributed by atoms with Gasteiger partial charge in [0.25, 0.3) is 0 Å². The fourth-order valence-corrected chi connectivity index (χ4v) is 2.18. The minimum atomic E-state index is -0.506. The van der Waals surface area contributed by atoms with E-state index in [1.165, 1.54) is 25.3 Å². The van der Waals surface area contributed by atoms with Crippen molar-refractivity contribution in [2.24, 2.45) is 0 Å². The van der Waals surface area contributed by atoms with Crippen LogP contribution in [0, 0.1) is 5.82 Å². The number of rotatable bonds is 3. The van der Waals surface area contributed by atoms with Gasteiger partial charge in [-0.1, -0.05) is 11.6 Å². The zero-order valence-corrected chi connectivity index (χ0v) is 12.8. The van der Waals surface area contributed by atoms with Gasteiger partial charge in [0, 0.05) is 11.6 Å². The van der Waals surface area contributed by atoms with Crippen LogP contribution in [0.1, 0.15) is 15.9 Å². The van der Waals surface area contributed by atoms with E-state index in [1.807, 2.05) is 0 Å². The first-order chi connectivity index (χ1) is 9.43. The maximum absolute atomic E-state index is 13.5. The number of benzene rings is 2. The summed E-state index contributed by atoms with van der Waals surface area (Å²) in [6.45, 7) is 0. The molecule has 0 heterocycles. The molecule has 0 spiro atoms. The maximum Gasteiger partial charge on any atom is 0.196 e. The van der Waals surface area contributed by atoms with Gasteiger partial charge >= 0.3 is 0 Å². The molecule has 0 aromatic heterocycles. The van der Waals surface area contributed by atoms with Crippen LogP contribution < -0.4 is 10.5 Å². The van der Waals surface area contributed by atoms with Crippen LogP contribution in [0.2, 0.25) is 5.02 Å². The number of nitrogen functional groups attached to an aromatic ring is 1. The molecule has 3 nitrogen and oxygen atoms in total. The van der Waals surface area contributed by atoms with Gasteiger partial charge in [0.15, 0.2) is 5.78 Å². The van der Waals surface area contributed by atoms with Gasteiger partial charge < -0.3 is 10.5 Å². The van der Waals surface area contributed by atoms with Crippen LogP contribution in [0.5, 0.6) is 5.75 Å². The van der Waals surface area contributed by atoms with E-state index in [2.05, 4.69) is 15.9 Å². The maximum atomic E-state index is 13.5. The second-order valence-electron chi connectivity index (χ2n) is 4.03. The summed E-state index contributed by atoms with van der Waals surface area (Å²) < 4.78 is 18.7. The predicted molar refractivity (Wildman–Crippen MR) is 79.9 cm³/mol. The minimum Gasteiger partial charge on any atom is -0.496 e. The first-order valence-electron chi connectivity index (χ1n) is 5.56. The summed E-state index contributed by atoms with van der Waals surface area (Å²) in [5.74, 6) is -0.677. The lowest BCUT2D eigenvalue weighted by atomic mass is 10.0. The molecule has 0 unspecified atom stereocenters. The lowest BCUT2D eigenvalue weighted by molar-refractivity contribution is 0.103. The second kappa shape index (κ2) is 5.81. The van der Waals surface area contributed by atoms with E-state index in [-0.39, 0.29) is 21.6 Å². The van der Waals surface area contributed by atoms with Gasteiger partial charge in [0.05, 0.1) is 27.9 Å². The molecule has 0 saturated carbocycles. The van der Waals surface area contributed by atoms with Crippen molar-refractivity contribution in [1.82, 2.24) is 0 Å². The molecule has 0 fully saturated rings. The Hall–Kier alpha value is -1.59. The smallest absolute Gasteiger partial charge is 0.196 e. The van der Waals surface area contributed by atoms with E-state index in [9.17, 15) is 9.18 Å². The second-order valence-corrected chi connectivity index (χ2v) is 5.29. The third-order valence-corrected chi connectivity index (χ3v) is 3.70. The Labute approximate surface area is 128 Å². The van der Waals surface area contributed by atoms with Gasteiger partial charge in [-0.2, -0.15) is 0 Å². The van der Waals surface area contributed by atoms with Crippen LogP contribution in [-0.2, 0) is 0 Å². The van der Waals surface area contributed by atoms with Gasteiger partial charge in [0.1, 0.15) is 11.6 Å². The summed E-state index contributed by atoms with van der Waals surface area (Å²) in [4.78, 5) is 12.4. The largest absolute Gasteiger partial charge is 0.496 e. The van der Waals surface area contributed by atoms with Crippen molar-refractivity contribution in [3.8, 4) is 5.75 Å². The van der Waals surface area contributed by atoms with Crippen molar-refractivity contribution in [1.29, 1.82) is 0 Å². The summed E-state index contributed by atoms with van der Waals surface area (Å²) in [7, 11) is 1.37. The Kier molecular flexibility index (Phi) is 4.30. The molecule has 0 atom stereocenters. The zero-order valence-electron chi connectivity index (χ0n) is 10.4. The SMILES string of the molecule is COc1cc(F)c(Br)cc1C(=O)c1ccc(Cl)c(N)c1. The highest BCUT2D eigenvalue weighted by atomic mass is 79.9. The van der Waals surface area contributed by atoms with Crippen molar-refractivity contribution in [3.05, 3.63) is 56.8 Å². The number of ketones is 1. The molecular weight excluding hydrogens is 349 g/mol. The highest BCUT2D eigenvalue weighted by molar-refractivity contribution is 9.10. The molecule has 2 N–H and O–H groups in total. The zero-order chi connectivity index (χ0) is 14.9. The van der Waals surface area contributed by atoms with Gasteiger partial charge in [0.2, 0.25) is 0 Å². The number of carbonyl (C=O) groups excluding carboxylic acids is 1. The van der Waals surface area contributed by atoms with Crippen molar-refractivity contribution in [2.45, 2.75) is 0 Å². The molecule has 0 radical (unpaired) electrons. The average Bonchev–Trinajstić information content (AvgIpc) is 2.43. The number of hydrogen-bond donors (Lipinski definition) is 1. The molecule has 0 aliphatic carbocycles. The number of methoxy groups -OCH3 is 1. The van der Waals surface area contributed by atoms with Gasteiger partial charge in [-0.25, -0.2) is 4.39 Å². The van der Waals surface area contributed by atoms with Crippen molar-refractivity contribution >= 4 is 39.0 Å². The lowest BCUT2D eigenvalue weighted by Gasteiger charge is -2.10. The number of halogens is 3. The van der Waals surface area contributed by atoms with E-state index < -0.39 is 5.82 Å². The number of carbonyl (C=O) groups is 1. The molecule has 104 valence electrons. The monoisotopic (exact) mass is 357 g/mol. The first-order valence-corrected chi connectivity index (χ1v) is 6.74. The third-order valence-electron chi connectivity index (χ3n) is 2.75. The molecule has 2 rings (SSSR count). The fourth-order valence-electron chi connectivity index (χ4n) is 1.72. The molecule has 2 aromatic carbocycles. The highest BCUT2D eigenvalue weighted by Crippen LogP contribution is 2.29. The molecule has 6 heteroatoms. The highest BCUT2D eigenvalue weighted by Gasteiger charge is 2.18. The van der Waals surface area contributed by atoms with Gasteiger partial charge in [-0.15, -0.1) is 0 Å². The Morgan fingerprint density at radius 1 is 1.35 bits per heavy atom. The van der Waals surface area contributed by atoms with Crippen molar-refractivity contribution in [2.75, 3.05) is 12.8 Å². The number of nitrogens with two attached hydrogens (primary N) is 1. The average molecular weight is 359 g/mol. The van der Waals surface area contributed by atoms with Crippen molar-refractivity contribution < 1.29 is 13.9 Å². The third kappa shape index (κ3) is 2.78. The molecule has 0 amide bonds. The Morgan fingerprint density at radius 3 is 2.65 bits per heavy atom. The summed E-state index contributed by atoms with van der Waals surface area (Å²) in [6.07, 6.45) is 0. The van der Waals surface area contributed by atoms with Gasteiger partial charge in [-0.3, -0.25) is 4.79 Å². The normalized spacial score (nSPS) is 10.4. The van der Waals surface area contributed by atoms with E-state index >= 15 is 0 Å². The van der Waals surface area contributed by atoms with Crippen LogP contribution in [0.3, 0.4) is 0 Å². The van der Waals surface area contributed by atoms with Crippen LogP contribution in [0.25, 0.3) is 0 Å².